The lowest BCUT2D eigenvalue weighted by Gasteiger charge is -2.42. The van der Waals surface area contributed by atoms with Gasteiger partial charge in [0.1, 0.15) is 5.75 Å². The van der Waals surface area contributed by atoms with Crippen molar-refractivity contribution in [3.05, 3.63) is 71.6 Å². The summed E-state index contributed by atoms with van der Waals surface area (Å²) in [5.41, 5.74) is 0.469. The maximum atomic E-state index is 12.4. The first-order chi connectivity index (χ1) is 23.7. The van der Waals surface area contributed by atoms with Crippen LogP contribution in [0, 0.1) is 0 Å². The highest BCUT2D eigenvalue weighted by molar-refractivity contribution is 6.53. The van der Waals surface area contributed by atoms with Gasteiger partial charge in [-0.15, -0.1) is 0 Å². The van der Waals surface area contributed by atoms with Crippen LogP contribution >= 0.6 is 0 Å². The van der Waals surface area contributed by atoms with Gasteiger partial charge in [0, 0.05) is 30.7 Å². The average Bonchev–Trinajstić information content (AvgIpc) is 3.69. The number of anilines is 2. The van der Waals surface area contributed by atoms with Crippen LogP contribution in [-0.2, 0) is 29.9 Å². The van der Waals surface area contributed by atoms with Crippen molar-refractivity contribution in [3.8, 4) is 5.75 Å². The van der Waals surface area contributed by atoms with Crippen LogP contribution in [0.4, 0.5) is 11.6 Å². The van der Waals surface area contributed by atoms with Crippen molar-refractivity contribution in [3.63, 3.8) is 0 Å². The third-order valence-corrected chi connectivity index (χ3v) is 9.73. The molecule has 1 aromatic carbocycles. The van der Waals surface area contributed by atoms with Crippen LogP contribution in [0.5, 0.6) is 5.75 Å². The lowest BCUT2D eigenvalue weighted by atomic mass is 9.77. The first kappa shape index (κ1) is 37.3. The topological polar surface area (TPSA) is 128 Å². The molecular formula is C36H49B2N5O7. The van der Waals surface area contributed by atoms with Gasteiger partial charge < -0.3 is 33.4 Å². The molecule has 0 bridgehead atoms. The van der Waals surface area contributed by atoms with Gasteiger partial charge in [-0.05, 0) is 98.9 Å². The third-order valence-electron chi connectivity index (χ3n) is 9.73. The van der Waals surface area contributed by atoms with E-state index >= 15 is 0 Å². The van der Waals surface area contributed by atoms with Crippen LogP contribution in [0.1, 0.15) is 96.6 Å². The minimum atomic E-state index is -0.621. The zero-order valence-electron chi connectivity index (χ0n) is 30.7. The third kappa shape index (κ3) is 8.48. The second-order valence-electron chi connectivity index (χ2n) is 13.9. The molecular weight excluding hydrogens is 636 g/mol. The Labute approximate surface area is 296 Å². The zero-order valence-corrected chi connectivity index (χ0v) is 30.7. The van der Waals surface area contributed by atoms with E-state index in [-0.39, 0.29) is 0 Å². The van der Waals surface area contributed by atoms with Crippen molar-refractivity contribution in [2.75, 3.05) is 18.5 Å². The Hall–Kier alpha value is -3.97. The number of nitrogens with one attached hydrogen (secondary N) is 1. The Balaban J connectivity index is 1.20. The van der Waals surface area contributed by atoms with Gasteiger partial charge in [0.15, 0.2) is 0 Å². The van der Waals surface area contributed by atoms with E-state index in [1.54, 1.807) is 37.6 Å². The molecule has 2 aliphatic heterocycles. The number of aryl methyl sites for hydroxylation is 1. The molecule has 2 aromatic heterocycles. The summed E-state index contributed by atoms with van der Waals surface area (Å²) in [7, 11) is -1.14. The van der Waals surface area contributed by atoms with Crippen molar-refractivity contribution < 1.29 is 32.9 Å². The van der Waals surface area contributed by atoms with E-state index in [1.165, 1.54) is 0 Å². The Morgan fingerprint density at radius 2 is 1.42 bits per heavy atom. The van der Waals surface area contributed by atoms with Crippen molar-refractivity contribution >= 4 is 44.0 Å². The molecule has 0 radical (unpaired) electrons. The van der Waals surface area contributed by atoms with E-state index in [2.05, 4.69) is 48.1 Å². The molecule has 2 aliphatic rings. The number of esters is 1. The minimum absolute atomic E-state index is 0.293. The van der Waals surface area contributed by atoms with E-state index in [0.29, 0.717) is 43.3 Å². The van der Waals surface area contributed by atoms with Crippen LogP contribution in [-0.4, -0.2) is 75.6 Å². The fraction of sp³-hybridized carbons (Fsp3) is 0.500. The van der Waals surface area contributed by atoms with Gasteiger partial charge in [-0.25, -0.2) is 14.8 Å². The van der Waals surface area contributed by atoms with E-state index < -0.39 is 42.6 Å². The van der Waals surface area contributed by atoms with Crippen molar-refractivity contribution in [1.29, 1.82) is 0 Å². The Morgan fingerprint density at radius 3 is 1.96 bits per heavy atom. The van der Waals surface area contributed by atoms with Crippen molar-refractivity contribution in [2.45, 2.75) is 104 Å². The SMILES string of the molecule is CCOC(=O)c1cc(/C=C/B2OC(C)(C)C(C)(CCC3(C)OB(/C=C/c4cnc(Nc5cnn(CC)c5)nc4)OC3(C)C)O2)cc(OCC)c1. The molecule has 0 amide bonds. The molecule has 4 heterocycles. The predicted molar refractivity (Wildman–Crippen MR) is 195 cm³/mol. The molecule has 5 rings (SSSR count). The second-order valence-corrected chi connectivity index (χ2v) is 13.9. The van der Waals surface area contributed by atoms with E-state index in [9.17, 15) is 4.79 Å². The van der Waals surface area contributed by atoms with Gasteiger partial charge in [-0.3, -0.25) is 4.68 Å². The summed E-state index contributed by atoms with van der Waals surface area (Å²) in [6.45, 7) is 19.6. The predicted octanol–water partition coefficient (Wildman–Crippen LogP) is 6.74. The molecule has 12 nitrogen and oxygen atoms in total. The Kier molecular flexibility index (Phi) is 11.3. The first-order valence-corrected chi connectivity index (χ1v) is 17.3. The highest BCUT2D eigenvalue weighted by Gasteiger charge is 2.57. The average molecular weight is 685 g/mol. The molecule has 50 heavy (non-hydrogen) atoms. The number of hydrogen-bond acceptors (Lipinski definition) is 11. The quantitative estimate of drug-likeness (QED) is 0.143. The molecule has 2 saturated heterocycles. The van der Waals surface area contributed by atoms with Gasteiger partial charge in [-0.1, -0.05) is 24.1 Å². The summed E-state index contributed by atoms with van der Waals surface area (Å²) in [4.78, 5) is 21.3. The molecule has 0 aliphatic carbocycles. The number of nitrogens with zero attached hydrogens (tertiary/aromatic N) is 4. The largest absolute Gasteiger partial charge is 0.494 e. The standard InChI is InChI=1S/C36H49B2N5O7/c1-10-43-25-29(24-41-43)42-32-39-22-27(23-40-32)14-18-38-48-34(6,7)36(9,50-38)16-15-35(8)33(4,5)47-37(49-35)17-13-26-19-28(31(44)46-12-3)21-30(20-26)45-11-2/h13-14,17-25H,10-12,15-16H2,1-9H3,(H,39,40,42)/b17-13+,18-14+. The smallest absolute Gasteiger partial charge is 0.487 e. The molecule has 0 saturated carbocycles. The van der Waals surface area contributed by atoms with Gasteiger partial charge in [-0.2, -0.15) is 5.10 Å². The molecule has 2 atom stereocenters. The van der Waals surface area contributed by atoms with E-state index in [4.69, 9.17) is 28.1 Å². The maximum Gasteiger partial charge on any atom is 0.487 e. The number of hydrogen-bond donors (Lipinski definition) is 1. The molecule has 2 fully saturated rings. The number of carbonyl (C=O) groups excluding carboxylic acids is 1. The summed E-state index contributed by atoms with van der Waals surface area (Å²) in [5.74, 6) is 4.44. The Morgan fingerprint density at radius 1 is 0.820 bits per heavy atom. The zero-order chi connectivity index (χ0) is 36.2. The molecule has 3 aromatic rings. The van der Waals surface area contributed by atoms with Gasteiger partial charge in [0.05, 0.1) is 53.1 Å². The second kappa shape index (κ2) is 15.1. The fourth-order valence-electron chi connectivity index (χ4n) is 5.93. The van der Waals surface area contributed by atoms with Gasteiger partial charge >= 0.3 is 20.2 Å². The molecule has 2 unspecified atom stereocenters. The lowest BCUT2D eigenvalue weighted by molar-refractivity contribution is -0.0576. The number of carbonyl (C=O) groups is 1. The molecule has 14 heteroatoms. The summed E-state index contributed by atoms with van der Waals surface area (Å²) in [5, 5.41) is 7.42. The van der Waals surface area contributed by atoms with E-state index in [1.807, 2.05) is 68.7 Å². The number of aromatic nitrogens is 4. The van der Waals surface area contributed by atoms with Crippen molar-refractivity contribution in [1.82, 2.24) is 19.7 Å². The summed E-state index contributed by atoms with van der Waals surface area (Å²) in [6.07, 6.45) is 12.3. The minimum Gasteiger partial charge on any atom is -0.494 e. The normalized spacial score (nSPS) is 22.9. The summed E-state index contributed by atoms with van der Waals surface area (Å²) >= 11 is 0. The van der Waals surface area contributed by atoms with Crippen molar-refractivity contribution in [2.24, 2.45) is 0 Å². The van der Waals surface area contributed by atoms with Crippen LogP contribution in [0.3, 0.4) is 0 Å². The maximum absolute atomic E-state index is 12.4. The number of ether oxygens (including phenoxy) is 2. The molecule has 0 spiro atoms. The van der Waals surface area contributed by atoms with Gasteiger partial charge in [0.2, 0.25) is 5.95 Å². The van der Waals surface area contributed by atoms with E-state index in [0.717, 1.165) is 23.4 Å². The highest BCUT2D eigenvalue weighted by atomic mass is 16.7. The number of rotatable bonds is 14. The monoisotopic (exact) mass is 685 g/mol. The van der Waals surface area contributed by atoms with Crippen LogP contribution in [0.15, 0.2) is 54.9 Å². The summed E-state index contributed by atoms with van der Waals surface area (Å²) in [6, 6.07) is 5.33. The number of benzene rings is 1. The van der Waals surface area contributed by atoms with Crippen LogP contribution < -0.4 is 10.1 Å². The fourth-order valence-corrected chi connectivity index (χ4v) is 5.93. The van der Waals surface area contributed by atoms with Crippen LogP contribution in [0.2, 0.25) is 0 Å². The summed E-state index contributed by atoms with van der Waals surface area (Å²) < 4.78 is 38.6. The molecule has 266 valence electrons. The first-order valence-electron chi connectivity index (χ1n) is 17.3. The van der Waals surface area contributed by atoms with Crippen LogP contribution in [0.25, 0.3) is 12.2 Å². The Bertz CT molecular complexity index is 1700. The lowest BCUT2D eigenvalue weighted by Crippen LogP contribution is -2.50. The molecule has 1 N–H and O–H groups in total. The highest BCUT2D eigenvalue weighted by Crippen LogP contribution is 2.46. The van der Waals surface area contributed by atoms with Gasteiger partial charge in [0.25, 0.3) is 0 Å².